The molecule has 0 aliphatic carbocycles. The predicted octanol–water partition coefficient (Wildman–Crippen LogP) is -0.260. The van der Waals surface area contributed by atoms with E-state index in [4.69, 9.17) is 10.6 Å². The maximum atomic E-state index is 11.0. The Morgan fingerprint density at radius 1 is 2.00 bits per heavy atom. The molecule has 1 amide bonds. The van der Waals surface area contributed by atoms with Gasteiger partial charge in [-0.25, -0.2) is 4.79 Å². The fourth-order valence-corrected chi connectivity index (χ4v) is 0.573. The van der Waals surface area contributed by atoms with E-state index < -0.39 is 37.1 Å². The summed E-state index contributed by atoms with van der Waals surface area (Å²) in [5.41, 5.74) is 0. The van der Waals surface area contributed by atoms with Crippen molar-refractivity contribution in [3.8, 4) is 0 Å². The van der Waals surface area contributed by atoms with Crippen molar-refractivity contribution in [2.24, 2.45) is 0 Å². The number of rotatable bonds is 1. The van der Waals surface area contributed by atoms with Crippen LogP contribution in [0.15, 0.2) is 0 Å². The first-order valence-corrected chi connectivity index (χ1v) is 2.63. The van der Waals surface area contributed by atoms with Crippen LogP contribution in [0.25, 0.3) is 0 Å². The minimum Gasteiger partial charge on any atom is -0.480 e. The van der Waals surface area contributed by atoms with Crippen LogP contribution in [-0.4, -0.2) is 23.0 Å². The molecular weight excluding hydrogens is 134 g/mol. The van der Waals surface area contributed by atoms with Gasteiger partial charge in [0.25, 0.3) is 0 Å². The lowest BCUT2D eigenvalue weighted by atomic mass is 10.1. The fraction of sp³-hybridized carbons (Fsp3) is 0.667. The molecule has 56 valence electrons. The molecule has 0 saturated carbocycles. The van der Waals surface area contributed by atoms with Gasteiger partial charge in [0.1, 0.15) is 6.02 Å². The number of hydrogen-bond acceptors (Lipinski definition) is 2. The normalized spacial score (nSPS) is 60.8. The minimum atomic E-state index is -2.51. The Bertz CT molecular complexity index is 286. The average molecular weight is 147 g/mol. The topological polar surface area (TPSA) is 66.4 Å². The summed E-state index contributed by atoms with van der Waals surface area (Å²) in [5.74, 6) is -2.68. The van der Waals surface area contributed by atoms with Gasteiger partial charge in [0, 0.05) is 10.5 Å². The molecule has 0 aromatic rings. The molecule has 1 rings (SSSR count). The summed E-state index contributed by atoms with van der Waals surface area (Å²) >= 11 is 0. The van der Waals surface area contributed by atoms with E-state index in [1.165, 1.54) is 0 Å². The van der Waals surface area contributed by atoms with E-state index in [0.29, 0.717) is 0 Å². The van der Waals surface area contributed by atoms with Gasteiger partial charge < -0.3 is 10.4 Å². The zero-order valence-electron chi connectivity index (χ0n) is 9.00. The van der Waals surface area contributed by atoms with E-state index in [9.17, 15) is 9.59 Å². The molecule has 0 spiro atoms. The summed E-state index contributed by atoms with van der Waals surface area (Å²) in [6.07, 6.45) is -4.69. The Balaban J connectivity index is 3.02. The lowest BCUT2D eigenvalue weighted by Gasteiger charge is -2.18. The van der Waals surface area contributed by atoms with Gasteiger partial charge in [-0.05, 0) is 12.8 Å². The summed E-state index contributed by atoms with van der Waals surface area (Å²) in [5, 5.41) is 10.4. The van der Waals surface area contributed by atoms with Crippen LogP contribution < -0.4 is 5.32 Å². The predicted molar refractivity (Wildman–Crippen MR) is 33.4 cm³/mol. The van der Waals surface area contributed by atoms with Crippen LogP contribution in [-0.2, 0) is 9.59 Å². The van der Waals surface area contributed by atoms with E-state index in [1.54, 1.807) is 5.32 Å². The molecule has 0 aromatic carbocycles. The molecule has 2 N–H and O–H groups in total. The van der Waals surface area contributed by atoms with Crippen molar-refractivity contribution in [2.75, 3.05) is 0 Å². The van der Waals surface area contributed by atoms with Gasteiger partial charge in [0.15, 0.2) is 0 Å². The van der Waals surface area contributed by atoms with Crippen LogP contribution in [0.4, 0.5) is 0 Å². The Labute approximate surface area is 63.8 Å². The van der Waals surface area contributed by atoms with E-state index in [2.05, 4.69) is 0 Å². The van der Waals surface area contributed by atoms with Gasteiger partial charge in [0.2, 0.25) is 5.91 Å². The van der Waals surface area contributed by atoms with Gasteiger partial charge in [-0.2, -0.15) is 0 Å². The summed E-state index contributed by atoms with van der Waals surface area (Å²) in [6, 6.07) is -2.51. The molecule has 0 aromatic heterocycles. The number of carboxylic acids is 1. The highest BCUT2D eigenvalue weighted by molar-refractivity contribution is 5.84. The van der Waals surface area contributed by atoms with Gasteiger partial charge in [-0.15, -0.1) is 0 Å². The smallest absolute Gasteiger partial charge is 0.326 e. The third-order valence-electron chi connectivity index (χ3n) is 0.999. The maximum absolute atomic E-state index is 11.0. The zero-order valence-corrected chi connectivity index (χ0v) is 5.00. The number of amides is 1. The fourth-order valence-electron chi connectivity index (χ4n) is 0.573. The largest absolute Gasteiger partial charge is 0.480 e. The molecule has 10 heavy (non-hydrogen) atoms. The van der Waals surface area contributed by atoms with E-state index >= 15 is 0 Å². The van der Waals surface area contributed by atoms with Crippen LogP contribution in [0, 0.1) is 0 Å². The Morgan fingerprint density at radius 2 is 2.70 bits per heavy atom. The van der Waals surface area contributed by atoms with Crippen LogP contribution in [0.2, 0.25) is 0 Å². The van der Waals surface area contributed by atoms with Crippen molar-refractivity contribution >= 4 is 11.9 Å². The Hall–Kier alpha value is -1.06. The molecule has 4 atom stereocenters. The van der Waals surface area contributed by atoms with Gasteiger partial charge in [-0.1, -0.05) is 0 Å². The van der Waals surface area contributed by atoms with Crippen LogP contribution in [0.3, 0.4) is 0 Å². The first-order chi connectivity index (χ1) is 6.30. The number of carboxylic acid groups (broad SMARTS) is 1. The second-order valence-corrected chi connectivity index (χ2v) is 1.73. The highest BCUT2D eigenvalue weighted by Gasteiger charge is 2.23. The maximum Gasteiger partial charge on any atom is 0.326 e. The summed E-state index contributed by atoms with van der Waals surface area (Å²) < 4.78 is 29.0. The van der Waals surface area contributed by atoms with Crippen molar-refractivity contribution in [3.05, 3.63) is 0 Å². The number of nitrogens with one attached hydrogen (secondary N) is 1. The van der Waals surface area contributed by atoms with E-state index in [0.717, 1.165) is 0 Å². The van der Waals surface area contributed by atoms with E-state index in [-0.39, 0.29) is 0 Å². The number of aliphatic carboxylic acids is 1. The molecule has 1 heterocycles. The number of piperidine rings is 1. The van der Waals surface area contributed by atoms with Crippen LogP contribution in [0.5, 0.6) is 0 Å². The van der Waals surface area contributed by atoms with Gasteiger partial charge in [0.05, 0.1) is 1.37 Å². The highest BCUT2D eigenvalue weighted by atomic mass is 16.4. The molecule has 4 unspecified atom stereocenters. The Kier molecular flexibility index (Phi) is 0.903. The summed E-state index contributed by atoms with van der Waals surface area (Å²) in [7, 11) is 0. The first-order valence-electron chi connectivity index (χ1n) is 4.86. The molecule has 1 aliphatic heterocycles. The summed E-state index contributed by atoms with van der Waals surface area (Å²) in [6.45, 7) is 0. The monoisotopic (exact) mass is 147 g/mol. The standard InChI is InChI=1S/C6H9NO3/c8-5-3-1-2-4(7-5)6(9)10/h4H,1-3H2,(H,7,8)(H,9,10)/i1D,2D,3D,4D. The molecule has 1 saturated heterocycles. The summed E-state index contributed by atoms with van der Waals surface area (Å²) in [4.78, 5) is 21.6. The second kappa shape index (κ2) is 2.68. The van der Waals surface area contributed by atoms with Crippen LogP contribution >= 0.6 is 0 Å². The Morgan fingerprint density at radius 3 is 3.30 bits per heavy atom. The number of carbonyl (C=O) groups is 2. The molecule has 4 heteroatoms. The van der Waals surface area contributed by atoms with E-state index in [1.807, 2.05) is 0 Å². The van der Waals surface area contributed by atoms with Crippen molar-refractivity contribution in [2.45, 2.75) is 25.2 Å². The third-order valence-corrected chi connectivity index (χ3v) is 0.999. The average Bonchev–Trinajstić information content (AvgIpc) is 2.11. The molecule has 0 bridgehead atoms. The van der Waals surface area contributed by atoms with Crippen molar-refractivity contribution in [1.82, 2.24) is 5.32 Å². The molecule has 1 fully saturated rings. The third kappa shape index (κ3) is 1.46. The van der Waals surface area contributed by atoms with Gasteiger partial charge in [-0.3, -0.25) is 4.79 Å². The SMILES string of the molecule is [2H]C1C(=O)NC([2H])(C(=O)O)C([2H])C1[2H]. The number of carbonyl (C=O) groups excluding carboxylic acids is 1. The molecule has 0 radical (unpaired) electrons. The minimum absolute atomic E-state index is 0.995. The first kappa shape index (κ1) is 3.37. The molecule has 1 aliphatic rings. The quantitative estimate of drug-likeness (QED) is 0.537. The van der Waals surface area contributed by atoms with Crippen LogP contribution in [0.1, 0.15) is 24.7 Å². The molecule has 4 nitrogen and oxygen atoms in total. The highest BCUT2D eigenvalue weighted by Crippen LogP contribution is 2.07. The van der Waals surface area contributed by atoms with Gasteiger partial charge >= 0.3 is 5.97 Å². The lowest BCUT2D eigenvalue weighted by Crippen LogP contribution is -2.43. The lowest BCUT2D eigenvalue weighted by molar-refractivity contribution is -0.143. The zero-order chi connectivity index (χ0) is 11.1. The van der Waals surface area contributed by atoms with Crippen molar-refractivity contribution in [3.63, 3.8) is 0 Å². The van der Waals surface area contributed by atoms with Crippen molar-refractivity contribution < 1.29 is 20.2 Å². The van der Waals surface area contributed by atoms with Crippen molar-refractivity contribution in [1.29, 1.82) is 0 Å². The molecular formula is C6H9NO3. The number of hydrogen-bond donors (Lipinski definition) is 2. The second-order valence-electron chi connectivity index (χ2n) is 1.73.